The van der Waals surface area contributed by atoms with Crippen molar-refractivity contribution in [3.63, 3.8) is 0 Å². The highest BCUT2D eigenvalue weighted by atomic mass is 32.1. The summed E-state index contributed by atoms with van der Waals surface area (Å²) in [5, 5.41) is 7.15. The van der Waals surface area contributed by atoms with Crippen molar-refractivity contribution < 1.29 is 14.3 Å². The predicted molar refractivity (Wildman–Crippen MR) is 123 cm³/mol. The standard InChI is InChI=1S/C23H20N4O4S/c1-3-31-22(29)18-17(15-10-6-4-7-11-15)14(2)32-21(18)25-20(28)19-24-23(30)27(26-19)16-12-8-5-9-13-16/h4-13H,3H2,1-2H3,(H,25,28)(H,24,26,30). The summed E-state index contributed by atoms with van der Waals surface area (Å²) in [5.41, 5.74) is 1.80. The highest BCUT2D eigenvalue weighted by molar-refractivity contribution is 7.17. The van der Waals surface area contributed by atoms with Gasteiger partial charge in [0.1, 0.15) is 10.6 Å². The van der Waals surface area contributed by atoms with Gasteiger partial charge in [-0.25, -0.2) is 9.59 Å². The summed E-state index contributed by atoms with van der Waals surface area (Å²) in [6, 6.07) is 18.2. The number of anilines is 1. The van der Waals surface area contributed by atoms with Gasteiger partial charge in [-0.3, -0.25) is 9.78 Å². The highest BCUT2D eigenvalue weighted by Crippen LogP contribution is 2.40. The Morgan fingerprint density at radius 2 is 1.75 bits per heavy atom. The third-order valence-electron chi connectivity index (χ3n) is 4.69. The van der Waals surface area contributed by atoms with Crippen molar-refractivity contribution in [1.82, 2.24) is 14.8 Å². The molecule has 4 rings (SSSR count). The molecule has 2 heterocycles. The molecule has 4 aromatic rings. The summed E-state index contributed by atoms with van der Waals surface area (Å²) in [7, 11) is 0. The average Bonchev–Trinajstić information content (AvgIpc) is 3.34. The SMILES string of the molecule is CCOC(=O)c1c(NC(=O)c2nn(-c3ccccc3)c(=O)[nH]2)sc(C)c1-c1ccccc1. The first-order valence-electron chi connectivity index (χ1n) is 9.91. The Balaban J connectivity index is 1.71. The largest absolute Gasteiger partial charge is 0.462 e. The fourth-order valence-corrected chi connectivity index (χ4v) is 4.38. The summed E-state index contributed by atoms with van der Waals surface area (Å²) in [5.74, 6) is -1.33. The number of benzene rings is 2. The van der Waals surface area contributed by atoms with Gasteiger partial charge in [-0.15, -0.1) is 16.4 Å². The second-order valence-electron chi connectivity index (χ2n) is 6.80. The minimum absolute atomic E-state index is 0.166. The lowest BCUT2D eigenvalue weighted by molar-refractivity contribution is 0.0529. The number of esters is 1. The summed E-state index contributed by atoms with van der Waals surface area (Å²) in [6.07, 6.45) is 0. The molecule has 162 valence electrons. The number of ether oxygens (including phenoxy) is 1. The molecule has 0 spiro atoms. The van der Waals surface area contributed by atoms with Crippen LogP contribution in [0.3, 0.4) is 0 Å². The molecule has 0 saturated carbocycles. The molecule has 2 N–H and O–H groups in total. The number of thiophene rings is 1. The van der Waals surface area contributed by atoms with Gasteiger partial charge >= 0.3 is 11.7 Å². The first-order valence-corrected chi connectivity index (χ1v) is 10.7. The molecule has 0 aliphatic rings. The van der Waals surface area contributed by atoms with Crippen molar-refractivity contribution in [1.29, 1.82) is 0 Å². The Morgan fingerprint density at radius 3 is 2.41 bits per heavy atom. The smallest absolute Gasteiger partial charge is 0.348 e. The molecule has 0 aliphatic heterocycles. The van der Waals surface area contributed by atoms with Gasteiger partial charge < -0.3 is 10.1 Å². The van der Waals surface area contributed by atoms with E-state index in [0.717, 1.165) is 15.1 Å². The first-order chi connectivity index (χ1) is 15.5. The summed E-state index contributed by atoms with van der Waals surface area (Å²) in [6.45, 7) is 3.79. The van der Waals surface area contributed by atoms with Crippen LogP contribution >= 0.6 is 11.3 Å². The van der Waals surface area contributed by atoms with Gasteiger partial charge in [0.15, 0.2) is 0 Å². The molecule has 0 unspecified atom stereocenters. The maximum atomic E-state index is 12.9. The number of rotatable bonds is 6. The van der Waals surface area contributed by atoms with E-state index in [1.807, 2.05) is 43.3 Å². The minimum atomic E-state index is -0.636. The number of aromatic nitrogens is 3. The van der Waals surface area contributed by atoms with Gasteiger partial charge in [-0.2, -0.15) is 4.68 Å². The van der Waals surface area contributed by atoms with E-state index in [1.54, 1.807) is 31.2 Å². The molecule has 0 fully saturated rings. The molecular formula is C23H20N4O4S. The van der Waals surface area contributed by atoms with Gasteiger partial charge in [0.25, 0.3) is 5.91 Å². The monoisotopic (exact) mass is 448 g/mol. The van der Waals surface area contributed by atoms with Crippen molar-refractivity contribution in [2.24, 2.45) is 0 Å². The van der Waals surface area contributed by atoms with Gasteiger partial charge in [0, 0.05) is 10.4 Å². The lowest BCUT2D eigenvalue weighted by Gasteiger charge is -2.08. The van der Waals surface area contributed by atoms with Gasteiger partial charge in [0.2, 0.25) is 5.82 Å². The second kappa shape index (κ2) is 9.03. The minimum Gasteiger partial charge on any atom is -0.462 e. The van der Waals surface area contributed by atoms with E-state index < -0.39 is 17.6 Å². The van der Waals surface area contributed by atoms with E-state index in [2.05, 4.69) is 15.4 Å². The molecule has 2 aromatic carbocycles. The molecule has 2 aromatic heterocycles. The molecule has 0 radical (unpaired) electrons. The van der Waals surface area contributed by atoms with E-state index in [1.165, 1.54) is 11.3 Å². The van der Waals surface area contributed by atoms with Crippen LogP contribution in [-0.2, 0) is 4.74 Å². The number of nitrogens with zero attached hydrogens (tertiary/aromatic N) is 2. The number of para-hydroxylation sites is 1. The number of H-pyrrole nitrogens is 1. The lowest BCUT2D eigenvalue weighted by atomic mass is 10.0. The van der Waals surface area contributed by atoms with E-state index >= 15 is 0 Å². The van der Waals surface area contributed by atoms with Crippen LogP contribution in [-0.4, -0.2) is 33.2 Å². The zero-order chi connectivity index (χ0) is 22.7. The third kappa shape index (κ3) is 4.10. The number of hydrogen-bond acceptors (Lipinski definition) is 6. The number of amides is 1. The molecule has 0 saturated heterocycles. The third-order valence-corrected chi connectivity index (χ3v) is 5.71. The quantitative estimate of drug-likeness (QED) is 0.433. The van der Waals surface area contributed by atoms with E-state index in [0.29, 0.717) is 16.3 Å². The van der Waals surface area contributed by atoms with Crippen LogP contribution in [0.15, 0.2) is 65.5 Å². The van der Waals surface area contributed by atoms with E-state index in [4.69, 9.17) is 4.74 Å². The first kappa shape index (κ1) is 21.3. The zero-order valence-corrected chi connectivity index (χ0v) is 18.2. The van der Waals surface area contributed by atoms with Crippen LogP contribution in [0.2, 0.25) is 0 Å². The van der Waals surface area contributed by atoms with Crippen molar-refractivity contribution in [3.05, 3.63) is 87.4 Å². The van der Waals surface area contributed by atoms with E-state index in [9.17, 15) is 14.4 Å². The zero-order valence-electron chi connectivity index (χ0n) is 17.4. The summed E-state index contributed by atoms with van der Waals surface area (Å²) < 4.78 is 6.36. The summed E-state index contributed by atoms with van der Waals surface area (Å²) in [4.78, 5) is 41.3. The molecule has 0 atom stereocenters. The fraction of sp³-hybridized carbons (Fsp3) is 0.130. The average molecular weight is 449 g/mol. The van der Waals surface area contributed by atoms with Crippen molar-refractivity contribution in [3.8, 4) is 16.8 Å². The van der Waals surface area contributed by atoms with E-state index in [-0.39, 0.29) is 18.0 Å². The molecule has 1 amide bonds. The predicted octanol–water partition coefficient (Wildman–Crippen LogP) is 4.03. The maximum Gasteiger partial charge on any atom is 0.348 e. The molecule has 32 heavy (non-hydrogen) atoms. The molecule has 8 nitrogen and oxygen atoms in total. The number of aryl methyl sites for hydroxylation is 1. The normalized spacial score (nSPS) is 10.7. The number of hydrogen-bond donors (Lipinski definition) is 2. The van der Waals surface area contributed by atoms with Gasteiger partial charge in [0.05, 0.1) is 12.3 Å². The van der Waals surface area contributed by atoms with Gasteiger partial charge in [-0.1, -0.05) is 48.5 Å². The van der Waals surface area contributed by atoms with Crippen LogP contribution < -0.4 is 11.0 Å². The Kier molecular flexibility index (Phi) is 6.00. The number of nitrogens with one attached hydrogen (secondary N) is 2. The lowest BCUT2D eigenvalue weighted by Crippen LogP contribution is -2.17. The molecule has 0 aliphatic carbocycles. The topological polar surface area (TPSA) is 106 Å². The van der Waals surface area contributed by atoms with Crippen LogP contribution in [0.1, 0.15) is 32.8 Å². The number of aromatic amines is 1. The number of carbonyl (C=O) groups is 2. The maximum absolute atomic E-state index is 12.9. The van der Waals surface area contributed by atoms with Crippen LogP contribution in [0.4, 0.5) is 5.00 Å². The Labute approximate surface area is 187 Å². The second-order valence-corrected chi connectivity index (χ2v) is 8.03. The Hall–Kier alpha value is -3.98. The fourth-order valence-electron chi connectivity index (χ4n) is 3.32. The number of carbonyl (C=O) groups excluding carboxylic acids is 2. The van der Waals surface area contributed by atoms with Crippen molar-refractivity contribution in [2.75, 3.05) is 11.9 Å². The van der Waals surface area contributed by atoms with Crippen molar-refractivity contribution in [2.45, 2.75) is 13.8 Å². The van der Waals surface area contributed by atoms with Crippen molar-refractivity contribution >= 4 is 28.2 Å². The summed E-state index contributed by atoms with van der Waals surface area (Å²) >= 11 is 1.26. The Morgan fingerprint density at radius 1 is 1.09 bits per heavy atom. The molecule has 9 heteroatoms. The van der Waals surface area contributed by atoms with Crippen LogP contribution in [0, 0.1) is 6.92 Å². The Bertz CT molecular complexity index is 1320. The highest BCUT2D eigenvalue weighted by Gasteiger charge is 2.26. The van der Waals surface area contributed by atoms with Crippen LogP contribution in [0.25, 0.3) is 16.8 Å². The molecule has 0 bridgehead atoms. The molecular weight excluding hydrogens is 428 g/mol. The van der Waals surface area contributed by atoms with Gasteiger partial charge in [-0.05, 0) is 31.5 Å². The van der Waals surface area contributed by atoms with Crippen LogP contribution in [0.5, 0.6) is 0 Å².